The van der Waals surface area contributed by atoms with E-state index in [1.165, 1.54) is 5.56 Å². The number of hydrogen-bond donors (Lipinski definition) is 1. The van der Waals surface area contributed by atoms with E-state index in [0.717, 1.165) is 12.1 Å². The zero-order valence-corrected chi connectivity index (χ0v) is 15.8. The fourth-order valence-electron chi connectivity index (χ4n) is 4.36. The summed E-state index contributed by atoms with van der Waals surface area (Å²) in [6, 6.07) is 14.4. The van der Waals surface area contributed by atoms with Crippen molar-refractivity contribution >= 4 is 0 Å². The normalized spacial score (nSPS) is 28.0. The Balaban J connectivity index is 1.61. The summed E-state index contributed by atoms with van der Waals surface area (Å²) in [6.45, 7) is 2.11. The number of ether oxygens (including phenoxy) is 3. The lowest BCUT2D eigenvalue weighted by Gasteiger charge is -2.51. The highest BCUT2D eigenvalue weighted by molar-refractivity contribution is 5.36. The molecule has 2 saturated heterocycles. The van der Waals surface area contributed by atoms with Crippen molar-refractivity contribution in [1.82, 2.24) is 9.88 Å². The zero-order valence-electron chi connectivity index (χ0n) is 15.8. The van der Waals surface area contributed by atoms with Crippen LogP contribution in [0.25, 0.3) is 0 Å². The third kappa shape index (κ3) is 3.52. The van der Waals surface area contributed by atoms with Crippen molar-refractivity contribution in [3.8, 4) is 11.8 Å². The van der Waals surface area contributed by atoms with Gasteiger partial charge in [-0.05, 0) is 24.5 Å². The van der Waals surface area contributed by atoms with Crippen LogP contribution < -0.4 is 9.47 Å². The molecule has 1 aromatic carbocycles. The molecule has 6 heteroatoms. The number of aliphatic hydroxyl groups is 1. The highest BCUT2D eigenvalue weighted by atomic mass is 16.5. The van der Waals surface area contributed by atoms with Crippen LogP contribution in [-0.4, -0.2) is 54.5 Å². The molecule has 3 heterocycles. The van der Waals surface area contributed by atoms with Crippen LogP contribution in [0.4, 0.5) is 0 Å². The number of methoxy groups -OCH3 is 2. The molecule has 6 nitrogen and oxygen atoms in total. The van der Waals surface area contributed by atoms with Gasteiger partial charge in [-0.2, -0.15) is 4.98 Å². The molecule has 27 heavy (non-hydrogen) atoms. The van der Waals surface area contributed by atoms with E-state index in [1.807, 2.05) is 12.1 Å². The van der Waals surface area contributed by atoms with Gasteiger partial charge in [0.25, 0.3) is 0 Å². The monoisotopic (exact) mass is 370 g/mol. The molecule has 4 rings (SSSR count). The Bertz CT molecular complexity index is 769. The summed E-state index contributed by atoms with van der Waals surface area (Å²) in [5, 5.41) is 11.6. The molecule has 1 aromatic heterocycles. The van der Waals surface area contributed by atoms with Crippen molar-refractivity contribution in [2.75, 3.05) is 27.4 Å². The van der Waals surface area contributed by atoms with E-state index < -0.39 is 5.60 Å². The van der Waals surface area contributed by atoms with Gasteiger partial charge in [0.1, 0.15) is 0 Å². The van der Waals surface area contributed by atoms with Crippen LogP contribution in [0.5, 0.6) is 11.8 Å². The van der Waals surface area contributed by atoms with E-state index in [2.05, 4.69) is 34.1 Å². The zero-order chi connectivity index (χ0) is 18.9. The topological polar surface area (TPSA) is 64.0 Å². The average molecular weight is 370 g/mol. The first-order valence-corrected chi connectivity index (χ1v) is 9.32. The Labute approximate surface area is 159 Å². The van der Waals surface area contributed by atoms with Gasteiger partial charge in [0.2, 0.25) is 11.8 Å². The Morgan fingerprint density at radius 3 is 2.41 bits per heavy atom. The fraction of sp³-hybridized carbons (Fsp3) is 0.476. The number of benzene rings is 1. The maximum Gasteiger partial charge on any atom is 0.222 e. The molecule has 1 N–H and O–H groups in total. The van der Waals surface area contributed by atoms with Gasteiger partial charge in [0.15, 0.2) is 0 Å². The molecule has 0 aliphatic carbocycles. The summed E-state index contributed by atoms with van der Waals surface area (Å²) in [7, 11) is 3.14. The summed E-state index contributed by atoms with van der Waals surface area (Å²) in [5.74, 6) is 0.900. The standard InChI is InChI=1S/C21H26N2O4/c1-25-19-9-8-18(20(22-19)26-2)21(24)10-16-13-27-14-17(11-21)23(16)12-15-6-4-3-5-7-15/h3-9,16-17,24H,10-14H2,1-2H3. The van der Waals surface area contributed by atoms with Gasteiger partial charge in [0, 0.05) is 30.3 Å². The number of piperidine rings is 1. The van der Waals surface area contributed by atoms with Crippen LogP contribution in [-0.2, 0) is 16.9 Å². The third-order valence-corrected chi connectivity index (χ3v) is 5.65. The number of fused-ring (bicyclic) bond motifs is 2. The van der Waals surface area contributed by atoms with E-state index in [-0.39, 0.29) is 12.1 Å². The second-order valence-corrected chi connectivity index (χ2v) is 7.35. The smallest absolute Gasteiger partial charge is 0.222 e. The van der Waals surface area contributed by atoms with Crippen LogP contribution in [0.2, 0.25) is 0 Å². The van der Waals surface area contributed by atoms with E-state index >= 15 is 0 Å². The van der Waals surface area contributed by atoms with Gasteiger partial charge >= 0.3 is 0 Å². The fourth-order valence-corrected chi connectivity index (χ4v) is 4.36. The number of pyridine rings is 1. The van der Waals surface area contributed by atoms with Crippen molar-refractivity contribution in [2.24, 2.45) is 0 Å². The van der Waals surface area contributed by atoms with Crippen LogP contribution in [0.3, 0.4) is 0 Å². The molecule has 2 aromatic rings. The number of morpholine rings is 1. The maximum atomic E-state index is 11.6. The number of rotatable bonds is 5. The predicted molar refractivity (Wildman–Crippen MR) is 101 cm³/mol. The molecule has 0 amide bonds. The largest absolute Gasteiger partial charge is 0.481 e. The molecule has 2 bridgehead atoms. The van der Waals surface area contributed by atoms with Gasteiger partial charge in [-0.15, -0.1) is 0 Å². The van der Waals surface area contributed by atoms with Gasteiger partial charge < -0.3 is 19.3 Å². The van der Waals surface area contributed by atoms with E-state index in [9.17, 15) is 5.11 Å². The molecular formula is C21H26N2O4. The maximum absolute atomic E-state index is 11.6. The molecular weight excluding hydrogens is 344 g/mol. The first-order chi connectivity index (χ1) is 13.1. The lowest BCUT2D eigenvalue weighted by Crippen LogP contribution is -2.60. The van der Waals surface area contributed by atoms with Crippen molar-refractivity contribution in [3.63, 3.8) is 0 Å². The van der Waals surface area contributed by atoms with Crippen molar-refractivity contribution < 1.29 is 19.3 Å². The first kappa shape index (κ1) is 18.2. The number of aromatic nitrogens is 1. The Morgan fingerprint density at radius 2 is 1.78 bits per heavy atom. The summed E-state index contributed by atoms with van der Waals surface area (Å²) in [6.07, 6.45) is 1.17. The SMILES string of the molecule is COc1ccc(C2(O)CC3COCC(C2)N3Cc2ccccc2)c(OC)n1. The molecule has 0 saturated carbocycles. The van der Waals surface area contributed by atoms with Gasteiger partial charge in [-0.25, -0.2) is 0 Å². The van der Waals surface area contributed by atoms with Gasteiger partial charge in [-0.3, -0.25) is 4.90 Å². The second kappa shape index (κ2) is 7.46. The average Bonchev–Trinajstić information content (AvgIpc) is 2.69. The quantitative estimate of drug-likeness (QED) is 0.872. The molecule has 2 aliphatic rings. The molecule has 144 valence electrons. The molecule has 2 aliphatic heterocycles. The summed E-state index contributed by atoms with van der Waals surface area (Å²) in [5.41, 5.74) is 1.02. The van der Waals surface area contributed by atoms with Crippen LogP contribution in [0.1, 0.15) is 24.0 Å². The lowest BCUT2D eigenvalue weighted by atomic mass is 9.77. The molecule has 2 fully saturated rings. The van der Waals surface area contributed by atoms with Crippen LogP contribution in [0.15, 0.2) is 42.5 Å². The number of hydrogen-bond acceptors (Lipinski definition) is 6. The molecule has 2 atom stereocenters. The van der Waals surface area contributed by atoms with E-state index in [1.54, 1.807) is 20.3 Å². The molecule has 0 radical (unpaired) electrons. The summed E-state index contributed by atoms with van der Waals surface area (Å²) < 4.78 is 16.5. The van der Waals surface area contributed by atoms with Crippen molar-refractivity contribution in [2.45, 2.75) is 37.1 Å². The van der Waals surface area contributed by atoms with Gasteiger partial charge in [0.05, 0.1) is 33.0 Å². The molecule has 0 spiro atoms. The highest BCUT2D eigenvalue weighted by Crippen LogP contribution is 2.44. The van der Waals surface area contributed by atoms with Crippen molar-refractivity contribution in [3.05, 3.63) is 53.6 Å². The number of nitrogens with zero attached hydrogens (tertiary/aromatic N) is 2. The molecule has 2 unspecified atom stereocenters. The minimum absolute atomic E-state index is 0.148. The van der Waals surface area contributed by atoms with E-state index in [0.29, 0.717) is 37.8 Å². The Hall–Kier alpha value is -2.15. The Kier molecular flexibility index (Phi) is 5.04. The summed E-state index contributed by atoms with van der Waals surface area (Å²) in [4.78, 5) is 6.83. The van der Waals surface area contributed by atoms with E-state index in [4.69, 9.17) is 14.2 Å². The van der Waals surface area contributed by atoms with Crippen LogP contribution in [0, 0.1) is 0 Å². The third-order valence-electron chi connectivity index (χ3n) is 5.65. The van der Waals surface area contributed by atoms with Crippen LogP contribution >= 0.6 is 0 Å². The van der Waals surface area contributed by atoms with Crippen molar-refractivity contribution in [1.29, 1.82) is 0 Å². The highest BCUT2D eigenvalue weighted by Gasteiger charge is 2.48. The first-order valence-electron chi connectivity index (χ1n) is 9.32. The minimum Gasteiger partial charge on any atom is -0.481 e. The lowest BCUT2D eigenvalue weighted by molar-refractivity contribution is -0.150. The summed E-state index contributed by atoms with van der Waals surface area (Å²) >= 11 is 0. The second-order valence-electron chi connectivity index (χ2n) is 7.35. The van der Waals surface area contributed by atoms with Gasteiger partial charge in [-0.1, -0.05) is 30.3 Å². The Morgan fingerprint density at radius 1 is 1.07 bits per heavy atom. The minimum atomic E-state index is -0.989. The predicted octanol–water partition coefficient (Wildman–Crippen LogP) is 2.35.